The van der Waals surface area contributed by atoms with Gasteiger partial charge in [0, 0.05) is 13.1 Å². The molecule has 0 aromatic heterocycles. The summed E-state index contributed by atoms with van der Waals surface area (Å²) >= 11 is 0. The predicted molar refractivity (Wildman–Crippen MR) is 48.2 cm³/mol. The number of nitrogens with one attached hydrogen (secondary N) is 1. The van der Waals surface area contributed by atoms with E-state index in [0.29, 0.717) is 11.8 Å². The highest BCUT2D eigenvalue weighted by Gasteiger charge is 2.29. The zero-order chi connectivity index (χ0) is 9.26. The fourth-order valence-corrected chi connectivity index (χ4v) is 2.52. The van der Waals surface area contributed by atoms with E-state index in [2.05, 4.69) is 5.43 Å². The Bertz CT molecular complexity index is 186. The molecule has 0 aromatic carbocycles. The average Bonchev–Trinajstić information content (AvgIpc) is 2.34. The highest BCUT2D eigenvalue weighted by atomic mass is 16.4. The van der Waals surface area contributed by atoms with E-state index in [0.717, 1.165) is 13.1 Å². The average molecular weight is 184 g/mol. The second-order valence-corrected chi connectivity index (χ2v) is 4.21. The maximum Gasteiger partial charge on any atom is 0.419 e. The van der Waals surface area contributed by atoms with Crippen molar-refractivity contribution in [2.75, 3.05) is 13.1 Å². The van der Waals surface area contributed by atoms with Crippen molar-refractivity contribution >= 4 is 6.09 Å². The molecule has 2 saturated heterocycles. The van der Waals surface area contributed by atoms with Crippen LogP contribution in [0.1, 0.15) is 25.7 Å². The van der Waals surface area contributed by atoms with Gasteiger partial charge < -0.3 is 5.11 Å². The summed E-state index contributed by atoms with van der Waals surface area (Å²) in [5, 5.41) is 10.5. The Morgan fingerprint density at radius 1 is 1.15 bits per heavy atom. The Hall–Kier alpha value is -0.770. The van der Waals surface area contributed by atoms with Crippen LogP contribution in [0.15, 0.2) is 0 Å². The first kappa shape index (κ1) is 8.81. The van der Waals surface area contributed by atoms with Crippen molar-refractivity contribution in [1.82, 2.24) is 10.4 Å². The normalized spacial score (nSPS) is 34.2. The monoisotopic (exact) mass is 184 g/mol. The number of fused-ring (bicyclic) bond motifs is 4. The Morgan fingerprint density at radius 3 is 2.00 bits per heavy atom. The summed E-state index contributed by atoms with van der Waals surface area (Å²) in [6, 6.07) is 0. The molecule has 0 unspecified atom stereocenters. The van der Waals surface area contributed by atoms with Crippen molar-refractivity contribution in [3.63, 3.8) is 0 Å². The maximum atomic E-state index is 10.5. The van der Waals surface area contributed by atoms with Gasteiger partial charge in [-0.05, 0) is 37.5 Å². The lowest BCUT2D eigenvalue weighted by Gasteiger charge is -2.20. The van der Waals surface area contributed by atoms with Gasteiger partial charge in [-0.15, -0.1) is 0 Å². The van der Waals surface area contributed by atoms with E-state index < -0.39 is 6.09 Å². The highest BCUT2D eigenvalue weighted by molar-refractivity contribution is 5.63. The molecule has 3 fully saturated rings. The second kappa shape index (κ2) is 3.54. The van der Waals surface area contributed by atoms with Crippen molar-refractivity contribution in [3.8, 4) is 0 Å². The number of hydrogen-bond donors (Lipinski definition) is 2. The zero-order valence-electron chi connectivity index (χ0n) is 7.70. The number of hydrazine groups is 1. The van der Waals surface area contributed by atoms with Gasteiger partial charge in [0.15, 0.2) is 0 Å². The molecule has 0 spiro atoms. The lowest BCUT2D eigenvalue weighted by Crippen LogP contribution is -2.43. The molecule has 4 nitrogen and oxygen atoms in total. The van der Waals surface area contributed by atoms with Crippen molar-refractivity contribution in [2.24, 2.45) is 11.8 Å². The van der Waals surface area contributed by atoms with Crippen molar-refractivity contribution in [1.29, 1.82) is 0 Å². The molecule has 2 bridgehead atoms. The molecule has 2 aliphatic heterocycles. The highest BCUT2D eigenvalue weighted by Crippen LogP contribution is 2.32. The molecule has 1 saturated carbocycles. The molecule has 13 heavy (non-hydrogen) atoms. The summed E-state index contributed by atoms with van der Waals surface area (Å²) in [5.74, 6) is 1.43. The lowest BCUT2D eigenvalue weighted by atomic mass is 9.84. The SMILES string of the molecule is O=C(O)NN1CC2CCC(CC2)C1. The van der Waals surface area contributed by atoms with Gasteiger partial charge in [-0.1, -0.05) is 0 Å². The molecular weight excluding hydrogens is 168 g/mol. The molecule has 1 aliphatic carbocycles. The Morgan fingerprint density at radius 2 is 1.62 bits per heavy atom. The van der Waals surface area contributed by atoms with Crippen LogP contribution in [-0.4, -0.2) is 29.3 Å². The third-order valence-corrected chi connectivity index (χ3v) is 3.18. The first-order chi connectivity index (χ1) is 6.24. The van der Waals surface area contributed by atoms with Crippen LogP contribution in [0.2, 0.25) is 0 Å². The number of hydrogen-bond acceptors (Lipinski definition) is 2. The van der Waals surface area contributed by atoms with Crippen molar-refractivity contribution in [3.05, 3.63) is 0 Å². The summed E-state index contributed by atoms with van der Waals surface area (Å²) in [6.07, 6.45) is 4.19. The molecule has 3 rings (SSSR count). The topological polar surface area (TPSA) is 52.6 Å². The quantitative estimate of drug-likeness (QED) is 0.645. The van der Waals surface area contributed by atoms with Crippen LogP contribution in [0.3, 0.4) is 0 Å². The zero-order valence-corrected chi connectivity index (χ0v) is 7.70. The van der Waals surface area contributed by atoms with Crippen molar-refractivity contribution in [2.45, 2.75) is 25.7 Å². The number of carboxylic acid groups (broad SMARTS) is 1. The van der Waals surface area contributed by atoms with Crippen LogP contribution in [0.4, 0.5) is 4.79 Å². The molecule has 1 amide bonds. The fraction of sp³-hybridized carbons (Fsp3) is 0.889. The van der Waals surface area contributed by atoms with Crippen LogP contribution in [-0.2, 0) is 0 Å². The van der Waals surface area contributed by atoms with Gasteiger partial charge in [0.1, 0.15) is 0 Å². The van der Waals surface area contributed by atoms with E-state index in [1.807, 2.05) is 5.01 Å². The van der Waals surface area contributed by atoms with Crippen LogP contribution >= 0.6 is 0 Å². The van der Waals surface area contributed by atoms with E-state index in [4.69, 9.17) is 5.11 Å². The van der Waals surface area contributed by atoms with Gasteiger partial charge in [0.05, 0.1) is 0 Å². The Labute approximate surface area is 77.9 Å². The third kappa shape index (κ3) is 2.12. The van der Waals surface area contributed by atoms with Gasteiger partial charge in [-0.25, -0.2) is 9.80 Å². The van der Waals surface area contributed by atoms with Gasteiger partial charge >= 0.3 is 6.09 Å². The minimum atomic E-state index is -0.929. The molecule has 0 radical (unpaired) electrons. The van der Waals surface area contributed by atoms with Gasteiger partial charge in [-0.3, -0.25) is 5.43 Å². The lowest BCUT2D eigenvalue weighted by molar-refractivity contribution is 0.132. The van der Waals surface area contributed by atoms with Crippen LogP contribution < -0.4 is 5.43 Å². The smallest absolute Gasteiger partial charge is 0.419 e. The van der Waals surface area contributed by atoms with E-state index in [1.165, 1.54) is 25.7 Å². The Balaban J connectivity index is 1.95. The van der Waals surface area contributed by atoms with E-state index >= 15 is 0 Å². The maximum absolute atomic E-state index is 10.5. The Kier molecular flexibility index (Phi) is 2.40. The molecule has 2 N–H and O–H groups in total. The first-order valence-corrected chi connectivity index (χ1v) is 4.98. The second-order valence-electron chi connectivity index (χ2n) is 4.21. The van der Waals surface area contributed by atoms with E-state index in [9.17, 15) is 4.79 Å². The largest absolute Gasteiger partial charge is 0.464 e. The summed E-state index contributed by atoms with van der Waals surface area (Å²) in [7, 11) is 0. The standard InChI is InChI=1S/C9H16N2O2/c12-9(13)10-11-5-7-1-2-8(6-11)4-3-7/h7-8,10H,1-6H2,(H,12,13). The predicted octanol–water partition coefficient (Wildman–Crippen LogP) is 1.29. The third-order valence-electron chi connectivity index (χ3n) is 3.18. The molecule has 0 aromatic rings. The van der Waals surface area contributed by atoms with Crippen LogP contribution in [0, 0.1) is 11.8 Å². The van der Waals surface area contributed by atoms with Crippen LogP contribution in [0.5, 0.6) is 0 Å². The minimum Gasteiger partial charge on any atom is -0.464 e. The number of nitrogens with zero attached hydrogens (tertiary/aromatic N) is 1. The molecule has 4 heteroatoms. The molecule has 0 atom stereocenters. The van der Waals surface area contributed by atoms with Crippen molar-refractivity contribution < 1.29 is 9.90 Å². The molecule has 2 heterocycles. The molecule has 74 valence electrons. The van der Waals surface area contributed by atoms with Gasteiger partial charge in [0.2, 0.25) is 0 Å². The number of amides is 1. The number of rotatable bonds is 1. The first-order valence-electron chi connectivity index (χ1n) is 4.98. The van der Waals surface area contributed by atoms with Gasteiger partial charge in [0.25, 0.3) is 0 Å². The minimum absolute atomic E-state index is 0.714. The summed E-state index contributed by atoms with van der Waals surface area (Å²) in [5.41, 5.74) is 2.47. The van der Waals surface area contributed by atoms with Crippen LogP contribution in [0.25, 0.3) is 0 Å². The molecule has 3 aliphatic rings. The summed E-state index contributed by atoms with van der Waals surface area (Å²) < 4.78 is 0. The summed E-state index contributed by atoms with van der Waals surface area (Å²) in [4.78, 5) is 10.5. The van der Waals surface area contributed by atoms with Gasteiger partial charge in [-0.2, -0.15) is 0 Å². The molecular formula is C9H16N2O2. The van der Waals surface area contributed by atoms with E-state index in [-0.39, 0.29) is 0 Å². The van der Waals surface area contributed by atoms with E-state index in [1.54, 1.807) is 0 Å². The number of carbonyl (C=O) groups is 1. The summed E-state index contributed by atoms with van der Waals surface area (Å²) in [6.45, 7) is 1.81. The fourth-order valence-electron chi connectivity index (χ4n) is 2.52.